The molecule has 0 fully saturated rings. The van der Waals surface area contributed by atoms with Crippen molar-refractivity contribution in [1.82, 2.24) is 79.0 Å². The molecule has 0 unspecified atom stereocenters. The Morgan fingerprint density at radius 1 is 0.388 bits per heavy atom. The number of esters is 2. The van der Waals surface area contributed by atoms with Crippen LogP contribution in [0.1, 0.15) is 105 Å². The van der Waals surface area contributed by atoms with Crippen molar-refractivity contribution in [1.29, 1.82) is 0 Å². The average Bonchev–Trinajstić information content (AvgIpc) is 1.30. The van der Waals surface area contributed by atoms with Crippen LogP contribution < -0.4 is 54.4 Å². The first-order valence-corrected chi connectivity index (χ1v) is 36.1. The van der Waals surface area contributed by atoms with Gasteiger partial charge in [-0.05, 0) is 76.2 Å². The van der Waals surface area contributed by atoms with Gasteiger partial charge in [-0.25, -0.2) is 71.8 Å². The van der Waals surface area contributed by atoms with Crippen molar-refractivity contribution >= 4 is 86.2 Å². The number of rotatable bonds is 31. The molecule has 12 aromatic rings. The number of anilines is 8. The van der Waals surface area contributed by atoms with Gasteiger partial charge in [0.05, 0.1) is 156 Å². The van der Waals surface area contributed by atoms with Gasteiger partial charge in [-0.3, -0.25) is 23.5 Å². The fourth-order valence-corrected chi connectivity index (χ4v) is 10.2. The van der Waals surface area contributed by atoms with Gasteiger partial charge in [0.15, 0.2) is 75.0 Å². The molecular weight excluding hydrogens is 1590 g/mol. The summed E-state index contributed by atoms with van der Waals surface area (Å²) >= 11 is 3.13. The van der Waals surface area contributed by atoms with E-state index in [1.807, 2.05) is 52.5 Å². The van der Waals surface area contributed by atoms with E-state index in [-0.39, 0.29) is 87.7 Å². The summed E-state index contributed by atoms with van der Waals surface area (Å²) in [5.74, 6) is -2.36. The number of alkyl halides is 1. The average molecular weight is 1670 g/mol. The first-order valence-electron chi connectivity index (χ1n) is 35.0. The van der Waals surface area contributed by atoms with Crippen LogP contribution in [0, 0.1) is 23.3 Å². The molecule has 0 aliphatic rings. The van der Waals surface area contributed by atoms with Gasteiger partial charge in [-0.15, -0.1) is 0 Å². The summed E-state index contributed by atoms with van der Waals surface area (Å²) in [5.41, 5.74) is 4.57. The smallest absolute Gasteiger partial charge is 0.337 e. The predicted octanol–water partition coefficient (Wildman–Crippen LogP) is 13.2. The monoisotopic (exact) mass is 1670 g/mol. The number of Topliss-reactive ketones (excluding diaryl/α,β-unsaturated/α-hetero) is 1. The third-order valence-electron chi connectivity index (χ3n) is 15.8. The summed E-state index contributed by atoms with van der Waals surface area (Å²) in [6.45, 7) is 12.4. The number of aromatic carboxylic acids is 1. The molecule has 0 amide bonds. The normalized spacial score (nSPS) is 10.4. The van der Waals surface area contributed by atoms with Crippen LogP contribution in [0.4, 0.5) is 64.1 Å². The summed E-state index contributed by atoms with van der Waals surface area (Å²) in [7, 11) is 7.79. The molecule has 0 aliphatic heterocycles. The van der Waals surface area contributed by atoms with E-state index in [9.17, 15) is 36.7 Å². The van der Waals surface area contributed by atoms with Gasteiger partial charge in [0.25, 0.3) is 0 Å². The lowest BCUT2D eigenvalue weighted by Gasteiger charge is -2.11. The number of methoxy groups -OCH3 is 6. The maximum Gasteiger partial charge on any atom is 0.337 e. The van der Waals surface area contributed by atoms with E-state index in [2.05, 4.69) is 107 Å². The van der Waals surface area contributed by atoms with Crippen LogP contribution >= 0.6 is 15.9 Å². The number of hydrogen-bond donors (Lipinski definition) is 6. The molecule has 8 heterocycles. The molecule has 0 saturated carbocycles. The minimum absolute atomic E-state index is 0.00586. The number of hydrogen-bond acceptors (Lipinski definition) is 30. The zero-order valence-electron chi connectivity index (χ0n) is 64.5. The Balaban J connectivity index is 0.000000186. The molecule has 0 saturated heterocycles. The van der Waals surface area contributed by atoms with Gasteiger partial charge in [-0.2, -0.15) is 20.4 Å². The number of carbonyl (C=O) groups excluding carboxylic acids is 3. The molecule has 40 heteroatoms. The Bertz CT molecular complexity index is 5030. The van der Waals surface area contributed by atoms with E-state index >= 15 is 0 Å². The van der Waals surface area contributed by atoms with Crippen molar-refractivity contribution < 1.29 is 89.6 Å². The molecule has 0 atom stereocenters. The standard InChI is InChI=1S/C20H22FN5O3.C19H20FN5O4.C18H18FN5O4.C10H10BrFO3.C9H11N5O/c1-4-17(27)13-6-14(19(21)18(7-13)28-3)12-29-16-9-22-20(23-10-16)25-15-8-24-26(5-2)11-15;1-4-25-10-14(7-23-25)24-19-21-8-15(9-22-19)29-11-13-5-12(18(26)28-3)6-16(27-2)17(13)20;1-3-24-9-13(6-22-24)23-18-20-7-14(8-21-18)28-10-12-4-11(17(25)26)5-15(27-2)16(12)19;1-14-8-4-6(10(13)15-2)3-7(5-11)9(8)12;1-2-14-6-7(3-12-14)13-9-10-4-8(15)5-11-9/h6-11H,4-5,12H2,1-3H3,(H,22,23,25);5-10H,4,11H2,1-3H3,(H,21,22,24);4-9H,3,10H2,1-2H3,(H,25,26)(H,20,21,23);3-4H,5H2,1-2H3;3-6,15H,2H2,1H3,(H,10,11,13). The second kappa shape index (κ2) is 43.7. The molecule has 8 aromatic heterocycles. The largest absolute Gasteiger partial charge is 0.505 e. The van der Waals surface area contributed by atoms with Crippen molar-refractivity contribution in [3.63, 3.8) is 0 Å². The van der Waals surface area contributed by atoms with Gasteiger partial charge in [-0.1, -0.05) is 22.9 Å². The maximum absolute atomic E-state index is 14.5. The lowest BCUT2D eigenvalue weighted by molar-refractivity contribution is 0.0591. The molecule has 4 aromatic carbocycles. The summed E-state index contributed by atoms with van der Waals surface area (Å²) in [5, 5.41) is 47.0. The summed E-state index contributed by atoms with van der Waals surface area (Å²) in [6.07, 6.45) is 25.8. The second-order valence-corrected chi connectivity index (χ2v) is 24.1. The Morgan fingerprint density at radius 2 is 0.655 bits per heavy atom. The fraction of sp³-hybridized carbons (Fsp3) is 0.263. The molecule has 35 nitrogen and oxygen atoms in total. The lowest BCUT2D eigenvalue weighted by atomic mass is 10.0. The minimum atomic E-state index is -1.19. The number of benzene rings is 4. The Kier molecular flexibility index (Phi) is 32.9. The van der Waals surface area contributed by atoms with Crippen LogP contribution in [0.15, 0.2) is 148 Å². The SMILES string of the molecule is CCC(=O)c1cc(COc2cnc(Nc3cnn(CC)c3)nc2)c(F)c(OC)c1.CCn1cc(Nc2ncc(O)cn2)cn1.CCn1cc(Nc2ncc(OCc3cc(C(=O)O)cc(OC)c3F)cn2)cn1.CCn1cc(Nc2ncc(OCc3cc(C(=O)OC)cc(OC)c3F)cn2)cn1.COC(=O)c1cc(CBr)c(F)c(OC)c1. The molecule has 6 N–H and O–H groups in total. The van der Waals surface area contributed by atoms with E-state index in [0.717, 1.165) is 55.0 Å². The Hall–Kier alpha value is -14.1. The van der Waals surface area contributed by atoms with E-state index < -0.39 is 41.2 Å². The second-order valence-electron chi connectivity index (χ2n) is 23.5. The van der Waals surface area contributed by atoms with Crippen LogP contribution in [0.3, 0.4) is 0 Å². The number of carboxylic acids is 1. The number of nitrogens with one attached hydrogen (secondary N) is 4. The summed E-state index contributed by atoms with van der Waals surface area (Å²) in [6, 6.07) is 10.6. The number of aromatic nitrogens is 16. The van der Waals surface area contributed by atoms with Crippen LogP contribution in [0.2, 0.25) is 0 Å². The number of ether oxygens (including phenoxy) is 9. The van der Waals surface area contributed by atoms with Crippen LogP contribution in [0.5, 0.6) is 46.0 Å². The fourth-order valence-electron chi connectivity index (χ4n) is 9.74. The van der Waals surface area contributed by atoms with Crippen molar-refractivity contribution in [2.45, 2.75) is 92.4 Å². The first-order chi connectivity index (χ1) is 56.0. The zero-order chi connectivity index (χ0) is 83.8. The van der Waals surface area contributed by atoms with Gasteiger partial charge in [0.1, 0.15) is 19.8 Å². The molecular formula is C76H81BrF4N20O15. The number of carboxylic acid groups (broad SMARTS) is 1. The molecule has 0 aliphatic carbocycles. The van der Waals surface area contributed by atoms with E-state index in [1.165, 1.54) is 135 Å². The van der Waals surface area contributed by atoms with Crippen LogP contribution in [-0.2, 0) is 60.8 Å². The van der Waals surface area contributed by atoms with Crippen molar-refractivity contribution in [2.24, 2.45) is 0 Å². The number of aryl methyl sites for hydroxylation is 4. The maximum atomic E-state index is 14.5. The first kappa shape index (κ1) is 87.5. The highest BCUT2D eigenvalue weighted by molar-refractivity contribution is 9.08. The summed E-state index contributed by atoms with van der Waals surface area (Å²) < 4.78 is 109. The van der Waals surface area contributed by atoms with Crippen LogP contribution in [-0.4, -0.2) is 156 Å². The van der Waals surface area contributed by atoms with E-state index in [4.69, 9.17) is 43.4 Å². The minimum Gasteiger partial charge on any atom is -0.505 e. The number of nitrogens with zero attached hydrogens (tertiary/aromatic N) is 16. The molecule has 116 heavy (non-hydrogen) atoms. The topological polar surface area (TPSA) is 414 Å². The lowest BCUT2D eigenvalue weighted by Crippen LogP contribution is -2.07. The van der Waals surface area contributed by atoms with Crippen molar-refractivity contribution in [3.8, 4) is 46.0 Å². The third kappa shape index (κ3) is 25.2. The molecule has 610 valence electrons. The van der Waals surface area contributed by atoms with Crippen molar-refractivity contribution in [3.05, 3.63) is 215 Å². The number of ketones is 1. The quantitative estimate of drug-likeness (QED) is 0.0102. The highest BCUT2D eigenvalue weighted by Gasteiger charge is 2.21. The highest BCUT2D eigenvalue weighted by Crippen LogP contribution is 2.30. The van der Waals surface area contributed by atoms with Gasteiger partial charge >= 0.3 is 17.9 Å². The molecule has 0 bridgehead atoms. The van der Waals surface area contributed by atoms with Crippen molar-refractivity contribution in [2.75, 3.05) is 63.9 Å². The van der Waals surface area contributed by atoms with Gasteiger partial charge in [0, 0.05) is 90.5 Å². The summed E-state index contributed by atoms with van der Waals surface area (Å²) in [4.78, 5) is 78.9. The zero-order valence-corrected chi connectivity index (χ0v) is 66.1. The Labute approximate surface area is 669 Å². The van der Waals surface area contributed by atoms with E-state index in [0.29, 0.717) is 63.9 Å². The Morgan fingerprint density at radius 3 is 0.922 bits per heavy atom. The third-order valence-corrected chi connectivity index (χ3v) is 16.4. The van der Waals surface area contributed by atoms with Gasteiger partial charge < -0.3 is 74.1 Å². The number of aromatic hydroxyl groups is 1. The predicted molar refractivity (Wildman–Crippen MR) is 416 cm³/mol. The van der Waals surface area contributed by atoms with E-state index in [1.54, 1.807) is 50.4 Å². The van der Waals surface area contributed by atoms with Crippen LogP contribution in [0.25, 0.3) is 0 Å². The molecule has 12 rings (SSSR count). The highest BCUT2D eigenvalue weighted by atomic mass is 79.9. The molecule has 0 spiro atoms. The molecule has 0 radical (unpaired) electrons. The van der Waals surface area contributed by atoms with Gasteiger partial charge in [0.2, 0.25) is 23.8 Å². The number of halogens is 5. The number of carbonyl (C=O) groups is 4.